The van der Waals surface area contributed by atoms with Gasteiger partial charge in [-0.25, -0.2) is 4.79 Å². The van der Waals surface area contributed by atoms with Gasteiger partial charge in [-0.15, -0.1) is 11.3 Å². The predicted octanol–water partition coefficient (Wildman–Crippen LogP) is 3.79. The number of likely N-dealkylation sites (tertiary alicyclic amines) is 1. The summed E-state index contributed by atoms with van der Waals surface area (Å²) in [5, 5.41) is 14.2. The minimum absolute atomic E-state index is 0.0695. The number of urea groups is 1. The lowest BCUT2D eigenvalue weighted by Gasteiger charge is -2.25. The molecule has 1 saturated heterocycles. The van der Waals surface area contributed by atoms with E-state index in [0.29, 0.717) is 6.42 Å². The van der Waals surface area contributed by atoms with Gasteiger partial charge in [0.2, 0.25) is 0 Å². The van der Waals surface area contributed by atoms with Gasteiger partial charge < -0.3 is 15.3 Å². The van der Waals surface area contributed by atoms with Gasteiger partial charge in [0.25, 0.3) is 0 Å². The Bertz CT molecular complexity index is 627. The van der Waals surface area contributed by atoms with Crippen LogP contribution in [0.1, 0.15) is 19.3 Å². The molecule has 0 radical (unpaired) electrons. The van der Waals surface area contributed by atoms with Crippen LogP contribution in [0.3, 0.4) is 0 Å². The molecule has 1 fully saturated rings. The van der Waals surface area contributed by atoms with Gasteiger partial charge in [-0.3, -0.25) is 0 Å². The second-order valence-electron chi connectivity index (χ2n) is 5.45. The first-order valence-corrected chi connectivity index (χ1v) is 8.49. The van der Waals surface area contributed by atoms with E-state index < -0.39 is 0 Å². The Morgan fingerprint density at radius 1 is 1.32 bits per heavy atom. The van der Waals surface area contributed by atoms with E-state index in [2.05, 4.69) is 11.4 Å². The molecule has 2 heterocycles. The molecule has 5 heteroatoms. The second kappa shape index (κ2) is 6.94. The number of carbonyl (C=O) groups is 1. The van der Waals surface area contributed by atoms with Crippen LogP contribution in [-0.4, -0.2) is 35.2 Å². The lowest BCUT2D eigenvalue weighted by molar-refractivity contribution is 0.189. The molecular formula is C17H20N2O2S. The third-order valence-corrected chi connectivity index (χ3v) is 4.96. The molecule has 0 aliphatic carbocycles. The van der Waals surface area contributed by atoms with E-state index in [-0.39, 0.29) is 18.7 Å². The van der Waals surface area contributed by atoms with Crippen LogP contribution in [0.15, 0.2) is 41.8 Å². The summed E-state index contributed by atoms with van der Waals surface area (Å²) in [6.45, 7) is 0.887. The number of carbonyl (C=O) groups excluding carboxylic acids is 1. The van der Waals surface area contributed by atoms with Crippen LogP contribution in [0.25, 0.3) is 10.4 Å². The Balaban J connectivity index is 1.77. The summed E-state index contributed by atoms with van der Waals surface area (Å²) in [5.74, 6) is 0. The number of thiophene rings is 1. The maximum absolute atomic E-state index is 12.6. The molecule has 2 aromatic rings. The molecule has 2 N–H and O–H groups in total. The van der Waals surface area contributed by atoms with Gasteiger partial charge in [-0.2, -0.15) is 0 Å². The molecule has 4 nitrogen and oxygen atoms in total. The molecule has 2 amide bonds. The summed E-state index contributed by atoms with van der Waals surface area (Å²) >= 11 is 1.66. The highest BCUT2D eigenvalue weighted by molar-refractivity contribution is 7.13. The van der Waals surface area contributed by atoms with Gasteiger partial charge in [0.05, 0.1) is 5.69 Å². The quantitative estimate of drug-likeness (QED) is 0.901. The standard InChI is InChI=1S/C17H20N2O2S/c20-11-9-13-5-3-10-19(13)17(21)18-15-7-2-1-6-14(15)16-8-4-12-22-16/h1-2,4,6-8,12-13,20H,3,5,9-11H2,(H,18,21). The first-order valence-electron chi connectivity index (χ1n) is 7.61. The smallest absolute Gasteiger partial charge is 0.322 e. The monoisotopic (exact) mass is 316 g/mol. The van der Waals surface area contributed by atoms with Crippen LogP contribution in [0.4, 0.5) is 10.5 Å². The average Bonchev–Trinajstić information content (AvgIpc) is 3.19. The van der Waals surface area contributed by atoms with Crippen LogP contribution in [0, 0.1) is 0 Å². The molecule has 116 valence electrons. The predicted molar refractivity (Wildman–Crippen MR) is 90.2 cm³/mol. The van der Waals surface area contributed by atoms with Crippen molar-refractivity contribution in [1.82, 2.24) is 4.90 Å². The highest BCUT2D eigenvalue weighted by Gasteiger charge is 2.28. The van der Waals surface area contributed by atoms with E-state index >= 15 is 0 Å². The summed E-state index contributed by atoms with van der Waals surface area (Å²) in [7, 11) is 0. The average molecular weight is 316 g/mol. The van der Waals surface area contributed by atoms with Crippen LogP contribution in [0.5, 0.6) is 0 Å². The van der Waals surface area contributed by atoms with Crippen molar-refractivity contribution in [3.05, 3.63) is 41.8 Å². The largest absolute Gasteiger partial charge is 0.396 e. The Morgan fingerprint density at radius 2 is 2.18 bits per heavy atom. The van der Waals surface area contributed by atoms with Crippen molar-refractivity contribution in [2.24, 2.45) is 0 Å². The number of aliphatic hydroxyl groups is 1. The SMILES string of the molecule is O=C(Nc1ccccc1-c1cccs1)N1CCCC1CCO. The molecule has 0 bridgehead atoms. The highest BCUT2D eigenvalue weighted by Crippen LogP contribution is 2.32. The van der Waals surface area contributed by atoms with E-state index in [1.807, 2.05) is 40.6 Å². The zero-order chi connectivity index (χ0) is 15.4. The Hall–Kier alpha value is -1.85. The number of hydrogen-bond donors (Lipinski definition) is 2. The second-order valence-corrected chi connectivity index (χ2v) is 6.40. The summed E-state index contributed by atoms with van der Waals surface area (Å²) in [6.07, 6.45) is 2.63. The normalized spacial score (nSPS) is 17.7. The van der Waals surface area contributed by atoms with E-state index in [1.54, 1.807) is 11.3 Å². The Kier molecular flexibility index (Phi) is 4.75. The van der Waals surface area contributed by atoms with Gasteiger partial charge in [-0.1, -0.05) is 24.3 Å². The highest BCUT2D eigenvalue weighted by atomic mass is 32.1. The zero-order valence-corrected chi connectivity index (χ0v) is 13.2. The van der Waals surface area contributed by atoms with Crippen molar-refractivity contribution >= 4 is 23.1 Å². The molecule has 1 aliphatic rings. The van der Waals surface area contributed by atoms with Gasteiger partial charge in [0.15, 0.2) is 0 Å². The van der Waals surface area contributed by atoms with Crippen molar-refractivity contribution in [2.75, 3.05) is 18.5 Å². The number of aliphatic hydroxyl groups excluding tert-OH is 1. The summed E-state index contributed by atoms with van der Waals surface area (Å²) in [4.78, 5) is 15.5. The molecule has 22 heavy (non-hydrogen) atoms. The van der Waals surface area contributed by atoms with E-state index in [0.717, 1.165) is 35.5 Å². The van der Waals surface area contributed by atoms with Crippen LogP contribution in [-0.2, 0) is 0 Å². The first-order chi connectivity index (χ1) is 10.8. The first kappa shape index (κ1) is 15.1. The number of nitrogens with one attached hydrogen (secondary N) is 1. The molecule has 1 atom stereocenters. The minimum Gasteiger partial charge on any atom is -0.396 e. The number of anilines is 1. The third-order valence-electron chi connectivity index (χ3n) is 4.06. The number of nitrogens with zero attached hydrogens (tertiary/aromatic N) is 1. The number of hydrogen-bond acceptors (Lipinski definition) is 3. The van der Waals surface area contributed by atoms with E-state index in [9.17, 15) is 4.79 Å². The van der Waals surface area contributed by atoms with Crippen molar-refractivity contribution < 1.29 is 9.90 Å². The van der Waals surface area contributed by atoms with Crippen molar-refractivity contribution in [1.29, 1.82) is 0 Å². The van der Waals surface area contributed by atoms with Crippen molar-refractivity contribution in [3.8, 4) is 10.4 Å². The van der Waals surface area contributed by atoms with Gasteiger partial charge in [0, 0.05) is 29.6 Å². The molecule has 0 saturated carbocycles. The lowest BCUT2D eigenvalue weighted by atomic mass is 10.1. The fourth-order valence-electron chi connectivity index (χ4n) is 2.98. The zero-order valence-electron chi connectivity index (χ0n) is 12.4. The van der Waals surface area contributed by atoms with E-state index in [1.165, 1.54) is 0 Å². The van der Waals surface area contributed by atoms with Crippen LogP contribution in [0.2, 0.25) is 0 Å². The minimum atomic E-state index is -0.0695. The molecule has 1 aromatic heterocycles. The topological polar surface area (TPSA) is 52.6 Å². The maximum Gasteiger partial charge on any atom is 0.322 e. The third kappa shape index (κ3) is 3.15. The molecular weight excluding hydrogens is 296 g/mol. The molecule has 3 rings (SSSR count). The molecule has 1 aliphatic heterocycles. The van der Waals surface area contributed by atoms with Gasteiger partial charge in [-0.05, 0) is 36.8 Å². The maximum atomic E-state index is 12.6. The fourth-order valence-corrected chi connectivity index (χ4v) is 3.74. The number of benzene rings is 1. The van der Waals surface area contributed by atoms with Crippen molar-refractivity contribution in [3.63, 3.8) is 0 Å². The summed E-state index contributed by atoms with van der Waals surface area (Å²) < 4.78 is 0. The number of amides is 2. The van der Waals surface area contributed by atoms with Crippen LogP contribution >= 0.6 is 11.3 Å². The Labute approximate surface area is 134 Å². The summed E-state index contributed by atoms with van der Waals surface area (Å²) in [6, 6.07) is 12.0. The number of para-hydroxylation sites is 1. The van der Waals surface area contributed by atoms with Crippen LogP contribution < -0.4 is 5.32 Å². The lowest BCUT2D eigenvalue weighted by Crippen LogP contribution is -2.39. The van der Waals surface area contributed by atoms with Gasteiger partial charge >= 0.3 is 6.03 Å². The van der Waals surface area contributed by atoms with Gasteiger partial charge in [0.1, 0.15) is 0 Å². The molecule has 1 aromatic carbocycles. The Morgan fingerprint density at radius 3 is 2.95 bits per heavy atom. The molecule has 0 spiro atoms. The molecule has 1 unspecified atom stereocenters. The number of rotatable bonds is 4. The summed E-state index contributed by atoms with van der Waals surface area (Å²) in [5.41, 5.74) is 1.88. The van der Waals surface area contributed by atoms with E-state index in [4.69, 9.17) is 5.11 Å². The van der Waals surface area contributed by atoms with Crippen molar-refractivity contribution in [2.45, 2.75) is 25.3 Å². The fraction of sp³-hybridized carbons (Fsp3) is 0.353.